The summed E-state index contributed by atoms with van der Waals surface area (Å²) in [6.07, 6.45) is 0. The maximum Gasteiger partial charge on any atom is 0.124 e. The SMILES string of the molecule is Cc1cccc2nc(CCl)n(CCF)c12. The predicted molar refractivity (Wildman–Crippen MR) is 60.0 cm³/mol. The van der Waals surface area contributed by atoms with E-state index in [1.807, 2.05) is 29.7 Å². The molecule has 0 saturated heterocycles. The zero-order valence-electron chi connectivity index (χ0n) is 8.50. The van der Waals surface area contributed by atoms with Gasteiger partial charge >= 0.3 is 0 Å². The van der Waals surface area contributed by atoms with Crippen LogP contribution in [0.25, 0.3) is 11.0 Å². The van der Waals surface area contributed by atoms with Gasteiger partial charge in [0.1, 0.15) is 12.5 Å². The number of halogens is 2. The monoisotopic (exact) mass is 226 g/mol. The van der Waals surface area contributed by atoms with Crippen molar-refractivity contribution < 1.29 is 4.39 Å². The van der Waals surface area contributed by atoms with Crippen LogP contribution in [0.1, 0.15) is 11.4 Å². The van der Waals surface area contributed by atoms with E-state index in [0.717, 1.165) is 22.4 Å². The van der Waals surface area contributed by atoms with Crippen LogP contribution in [0.15, 0.2) is 18.2 Å². The number of fused-ring (bicyclic) bond motifs is 1. The van der Waals surface area contributed by atoms with E-state index >= 15 is 0 Å². The van der Waals surface area contributed by atoms with Gasteiger partial charge in [0.25, 0.3) is 0 Å². The molecule has 0 atom stereocenters. The highest BCUT2D eigenvalue weighted by Crippen LogP contribution is 2.20. The number of alkyl halides is 2. The van der Waals surface area contributed by atoms with Gasteiger partial charge in [-0.1, -0.05) is 12.1 Å². The molecule has 2 aromatic rings. The van der Waals surface area contributed by atoms with Crippen LogP contribution in [0.5, 0.6) is 0 Å². The Morgan fingerprint density at radius 1 is 1.47 bits per heavy atom. The Labute approximate surface area is 92.7 Å². The van der Waals surface area contributed by atoms with E-state index < -0.39 is 6.67 Å². The predicted octanol–water partition coefficient (Wildman–Crippen LogP) is 3.05. The molecule has 4 heteroatoms. The standard InChI is InChI=1S/C11H12ClFN2/c1-8-3-2-4-9-11(8)15(6-5-13)10(7-12)14-9/h2-4H,5-7H2,1H3. The first-order valence-electron chi connectivity index (χ1n) is 4.84. The fourth-order valence-corrected chi connectivity index (χ4v) is 2.04. The number of rotatable bonds is 3. The van der Waals surface area contributed by atoms with Crippen LogP contribution < -0.4 is 0 Å². The zero-order valence-corrected chi connectivity index (χ0v) is 9.26. The minimum absolute atomic E-state index is 0.314. The summed E-state index contributed by atoms with van der Waals surface area (Å²) in [5.41, 5.74) is 2.98. The quantitative estimate of drug-likeness (QED) is 0.736. The largest absolute Gasteiger partial charge is 0.324 e. The number of hydrogen-bond acceptors (Lipinski definition) is 1. The Balaban J connectivity index is 2.70. The molecular weight excluding hydrogens is 215 g/mol. The molecule has 1 aromatic heterocycles. The first-order valence-corrected chi connectivity index (χ1v) is 5.38. The average molecular weight is 227 g/mol. The van der Waals surface area contributed by atoms with Crippen molar-refractivity contribution in [1.82, 2.24) is 9.55 Å². The Morgan fingerprint density at radius 3 is 2.93 bits per heavy atom. The van der Waals surface area contributed by atoms with Crippen LogP contribution in [0.2, 0.25) is 0 Å². The molecule has 0 aliphatic carbocycles. The van der Waals surface area contributed by atoms with Gasteiger partial charge in [0.15, 0.2) is 0 Å². The molecule has 0 aliphatic heterocycles. The summed E-state index contributed by atoms with van der Waals surface area (Å²) in [5.74, 6) is 1.05. The third-order valence-corrected chi connectivity index (χ3v) is 2.71. The molecule has 0 amide bonds. The normalized spacial score (nSPS) is 11.1. The molecule has 0 unspecified atom stereocenters. The fourth-order valence-electron chi connectivity index (χ4n) is 1.84. The van der Waals surface area contributed by atoms with Gasteiger partial charge < -0.3 is 4.57 Å². The number of imidazole rings is 1. The third kappa shape index (κ3) is 1.72. The highest BCUT2D eigenvalue weighted by molar-refractivity contribution is 6.16. The molecule has 1 heterocycles. The minimum atomic E-state index is -0.399. The van der Waals surface area contributed by atoms with E-state index in [9.17, 15) is 4.39 Å². The smallest absolute Gasteiger partial charge is 0.124 e. The summed E-state index contributed by atoms with van der Waals surface area (Å²) in [6, 6.07) is 5.87. The van der Waals surface area contributed by atoms with Crippen LogP contribution >= 0.6 is 11.6 Å². The molecule has 0 aliphatic rings. The summed E-state index contributed by atoms with van der Waals surface area (Å²) < 4.78 is 14.3. The lowest BCUT2D eigenvalue weighted by Gasteiger charge is -2.05. The topological polar surface area (TPSA) is 17.8 Å². The third-order valence-electron chi connectivity index (χ3n) is 2.48. The second-order valence-electron chi connectivity index (χ2n) is 3.44. The lowest BCUT2D eigenvalue weighted by atomic mass is 10.2. The van der Waals surface area contributed by atoms with E-state index in [4.69, 9.17) is 11.6 Å². The summed E-state index contributed by atoms with van der Waals surface area (Å²) in [5, 5.41) is 0. The number of aryl methyl sites for hydroxylation is 2. The highest BCUT2D eigenvalue weighted by Gasteiger charge is 2.10. The number of para-hydroxylation sites is 1. The van der Waals surface area contributed by atoms with Gasteiger partial charge in [-0.3, -0.25) is 0 Å². The van der Waals surface area contributed by atoms with Crippen molar-refractivity contribution >= 4 is 22.6 Å². The molecule has 2 nitrogen and oxygen atoms in total. The molecule has 0 radical (unpaired) electrons. The maximum atomic E-state index is 12.4. The summed E-state index contributed by atoms with van der Waals surface area (Å²) in [4.78, 5) is 4.37. The first kappa shape index (κ1) is 10.4. The average Bonchev–Trinajstić information content (AvgIpc) is 2.58. The van der Waals surface area contributed by atoms with E-state index in [2.05, 4.69) is 4.98 Å². The zero-order chi connectivity index (χ0) is 10.8. The van der Waals surface area contributed by atoms with E-state index in [0.29, 0.717) is 12.4 Å². The molecule has 1 aromatic carbocycles. The molecule has 0 N–H and O–H groups in total. The van der Waals surface area contributed by atoms with Crippen molar-refractivity contribution in [2.24, 2.45) is 0 Å². The van der Waals surface area contributed by atoms with Crippen molar-refractivity contribution in [1.29, 1.82) is 0 Å². The van der Waals surface area contributed by atoms with E-state index in [1.54, 1.807) is 0 Å². The summed E-state index contributed by atoms with van der Waals surface area (Å²) in [6.45, 7) is 1.92. The fraction of sp³-hybridized carbons (Fsp3) is 0.364. The first-order chi connectivity index (χ1) is 7.27. The molecule has 0 fully saturated rings. The minimum Gasteiger partial charge on any atom is -0.324 e. The molecule has 0 saturated carbocycles. The van der Waals surface area contributed by atoms with Crippen molar-refractivity contribution in [2.45, 2.75) is 19.3 Å². The van der Waals surface area contributed by atoms with Gasteiger partial charge in [-0.05, 0) is 18.6 Å². The Hall–Kier alpha value is -1.09. The lowest BCUT2D eigenvalue weighted by molar-refractivity contribution is 0.446. The summed E-state index contributed by atoms with van der Waals surface area (Å²) >= 11 is 5.79. The van der Waals surface area contributed by atoms with Gasteiger partial charge in [-0.25, -0.2) is 9.37 Å². The van der Waals surface area contributed by atoms with Gasteiger partial charge in [-0.15, -0.1) is 11.6 Å². The Morgan fingerprint density at radius 2 is 2.27 bits per heavy atom. The summed E-state index contributed by atoms with van der Waals surface area (Å²) in [7, 11) is 0. The van der Waals surface area contributed by atoms with Crippen molar-refractivity contribution in [2.75, 3.05) is 6.67 Å². The second-order valence-corrected chi connectivity index (χ2v) is 3.71. The molecule has 15 heavy (non-hydrogen) atoms. The number of aromatic nitrogens is 2. The number of hydrogen-bond donors (Lipinski definition) is 0. The maximum absolute atomic E-state index is 12.4. The van der Waals surface area contributed by atoms with Crippen molar-refractivity contribution in [3.8, 4) is 0 Å². The molecular formula is C11H12ClFN2. The number of nitrogens with zero attached hydrogens (tertiary/aromatic N) is 2. The van der Waals surface area contributed by atoms with E-state index in [-0.39, 0.29) is 0 Å². The van der Waals surface area contributed by atoms with Crippen LogP contribution in [0.3, 0.4) is 0 Å². The second kappa shape index (κ2) is 4.19. The Kier molecular flexibility index (Phi) is 2.91. The van der Waals surface area contributed by atoms with Crippen molar-refractivity contribution in [3.63, 3.8) is 0 Å². The van der Waals surface area contributed by atoms with E-state index in [1.165, 1.54) is 0 Å². The Bertz CT molecular complexity index is 479. The number of benzene rings is 1. The van der Waals surface area contributed by atoms with Crippen LogP contribution in [-0.4, -0.2) is 16.2 Å². The van der Waals surface area contributed by atoms with Gasteiger partial charge in [0.05, 0.1) is 23.5 Å². The van der Waals surface area contributed by atoms with Gasteiger partial charge in [0, 0.05) is 0 Å². The van der Waals surface area contributed by atoms with Crippen molar-refractivity contribution in [3.05, 3.63) is 29.6 Å². The van der Waals surface area contributed by atoms with Crippen LogP contribution in [-0.2, 0) is 12.4 Å². The molecule has 0 spiro atoms. The molecule has 80 valence electrons. The molecule has 2 rings (SSSR count). The molecule has 0 bridgehead atoms. The lowest BCUT2D eigenvalue weighted by Crippen LogP contribution is -2.04. The highest BCUT2D eigenvalue weighted by atomic mass is 35.5. The van der Waals surface area contributed by atoms with Crippen LogP contribution in [0, 0.1) is 6.92 Å². The van der Waals surface area contributed by atoms with Crippen LogP contribution in [0.4, 0.5) is 4.39 Å². The van der Waals surface area contributed by atoms with Gasteiger partial charge in [-0.2, -0.15) is 0 Å². The van der Waals surface area contributed by atoms with Gasteiger partial charge in [0.2, 0.25) is 0 Å².